The summed E-state index contributed by atoms with van der Waals surface area (Å²) >= 11 is 0.872. The molecule has 0 aliphatic carbocycles. The number of alkyl halides is 2. The first-order valence-electron chi connectivity index (χ1n) is 12.8. The second-order valence-electron chi connectivity index (χ2n) is 9.32. The zero-order chi connectivity index (χ0) is 29.6. The van der Waals surface area contributed by atoms with E-state index in [0.29, 0.717) is 48.4 Å². The average molecular weight is 589 g/mol. The molecule has 3 amide bonds. The number of carbonyl (C=O) groups excluding carboxylic acids is 3. The number of thiazole rings is 1. The number of ether oxygens (including phenoxy) is 3. The van der Waals surface area contributed by atoms with E-state index in [-0.39, 0.29) is 23.8 Å². The number of rotatable bonds is 10. The van der Waals surface area contributed by atoms with Gasteiger partial charge in [-0.1, -0.05) is 41.7 Å². The van der Waals surface area contributed by atoms with Crippen LogP contribution in [0.25, 0.3) is 0 Å². The van der Waals surface area contributed by atoms with E-state index in [2.05, 4.69) is 15.6 Å². The van der Waals surface area contributed by atoms with Crippen molar-refractivity contribution in [2.75, 3.05) is 26.1 Å². The first kappa shape index (κ1) is 29.7. The third kappa shape index (κ3) is 7.28. The number of carbonyl (C=O) groups is 3. The molecule has 1 aromatic heterocycles. The van der Waals surface area contributed by atoms with Gasteiger partial charge in [0.05, 0.1) is 20.3 Å². The summed E-state index contributed by atoms with van der Waals surface area (Å²) in [4.78, 5) is 44.2. The molecule has 2 N–H and O–H groups in total. The van der Waals surface area contributed by atoms with Gasteiger partial charge in [0.2, 0.25) is 0 Å². The lowest BCUT2D eigenvalue weighted by Gasteiger charge is -2.22. The van der Waals surface area contributed by atoms with Crippen molar-refractivity contribution in [3.05, 3.63) is 70.4 Å². The van der Waals surface area contributed by atoms with Crippen LogP contribution in [0.3, 0.4) is 0 Å². The minimum Gasteiger partial charge on any atom is -0.497 e. The second-order valence-corrected chi connectivity index (χ2v) is 10.4. The lowest BCUT2D eigenvalue weighted by molar-refractivity contribution is -0.137. The van der Waals surface area contributed by atoms with Crippen molar-refractivity contribution in [3.8, 4) is 11.5 Å². The van der Waals surface area contributed by atoms with Crippen LogP contribution in [0, 0.1) is 0 Å². The van der Waals surface area contributed by atoms with Gasteiger partial charge in [-0.2, -0.15) is 8.78 Å². The molecule has 1 aliphatic heterocycles. The smallest absolute Gasteiger partial charge is 0.410 e. The highest BCUT2D eigenvalue weighted by molar-refractivity contribution is 7.16. The Hall–Kier alpha value is -4.26. The maximum Gasteiger partial charge on any atom is 0.410 e. The second kappa shape index (κ2) is 12.9. The summed E-state index contributed by atoms with van der Waals surface area (Å²) in [6.45, 7) is 0.959. The Labute approximate surface area is 239 Å². The van der Waals surface area contributed by atoms with Gasteiger partial charge in [0, 0.05) is 31.6 Å². The minimum atomic E-state index is -3.69. The summed E-state index contributed by atoms with van der Waals surface area (Å²) in [5.41, 5.74) is 1.22. The summed E-state index contributed by atoms with van der Waals surface area (Å²) in [6.07, 6.45) is 0.614. The van der Waals surface area contributed by atoms with E-state index in [1.54, 1.807) is 18.2 Å². The summed E-state index contributed by atoms with van der Waals surface area (Å²) in [5.74, 6) is -4.93. The largest absolute Gasteiger partial charge is 0.497 e. The molecule has 1 saturated heterocycles. The van der Waals surface area contributed by atoms with E-state index in [4.69, 9.17) is 14.2 Å². The maximum atomic E-state index is 13.7. The van der Waals surface area contributed by atoms with Crippen LogP contribution in [0.4, 0.5) is 18.6 Å². The molecule has 0 unspecified atom stereocenters. The Kier molecular flexibility index (Phi) is 9.38. The van der Waals surface area contributed by atoms with E-state index in [9.17, 15) is 23.2 Å². The Bertz CT molecular complexity index is 1400. The standard InChI is InChI=1S/C28H30F2N4O6S/c1-28(29,30)26(36)33-25-22(23(35)31-15-18-11-12-19(38-2)14-21(18)39-3)32-24(41-25)20-10-7-13-34(20)27(37)40-16-17-8-5-4-6-9-17/h4-6,8-9,11-12,14,20H,7,10,13,15-16H2,1-3H3,(H,31,35)(H,33,36)/t20-/m1/s1. The zero-order valence-electron chi connectivity index (χ0n) is 22.7. The minimum absolute atomic E-state index is 0.0253. The van der Waals surface area contributed by atoms with Gasteiger partial charge in [-0.15, -0.1) is 0 Å². The quantitative estimate of drug-likeness (QED) is 0.336. The summed E-state index contributed by atoms with van der Waals surface area (Å²) in [6, 6.07) is 13.7. The molecule has 218 valence electrons. The maximum absolute atomic E-state index is 13.7. The van der Waals surface area contributed by atoms with Crippen molar-refractivity contribution < 1.29 is 37.4 Å². The fourth-order valence-corrected chi connectivity index (χ4v) is 5.34. The molecule has 2 aromatic carbocycles. The van der Waals surface area contributed by atoms with E-state index in [0.717, 1.165) is 16.9 Å². The van der Waals surface area contributed by atoms with Gasteiger partial charge >= 0.3 is 12.0 Å². The number of hydrogen-bond donors (Lipinski definition) is 2. The number of aromatic nitrogens is 1. The molecule has 4 rings (SSSR count). The molecule has 0 bridgehead atoms. The number of halogens is 2. The molecule has 3 aromatic rings. The van der Waals surface area contributed by atoms with Crippen LogP contribution in [-0.2, 0) is 22.7 Å². The predicted molar refractivity (Wildman–Crippen MR) is 147 cm³/mol. The molecule has 0 spiro atoms. The number of nitrogens with one attached hydrogen (secondary N) is 2. The fraction of sp³-hybridized carbons (Fsp3) is 0.357. The lowest BCUT2D eigenvalue weighted by Crippen LogP contribution is -2.32. The topological polar surface area (TPSA) is 119 Å². The van der Waals surface area contributed by atoms with Crippen molar-refractivity contribution >= 4 is 34.2 Å². The molecule has 1 aliphatic rings. The Balaban J connectivity index is 1.54. The van der Waals surface area contributed by atoms with Gasteiger partial charge in [0.15, 0.2) is 5.69 Å². The SMILES string of the molecule is COc1ccc(CNC(=O)c2nc([C@H]3CCCN3C(=O)OCc3ccccc3)sc2NC(=O)C(C)(F)F)c(OC)c1. The van der Waals surface area contributed by atoms with Crippen molar-refractivity contribution in [2.24, 2.45) is 0 Å². The highest BCUT2D eigenvalue weighted by Crippen LogP contribution is 2.38. The number of hydrogen-bond acceptors (Lipinski definition) is 8. The number of anilines is 1. The molecule has 1 atom stereocenters. The molecule has 0 saturated carbocycles. The Morgan fingerprint density at radius 2 is 1.88 bits per heavy atom. The van der Waals surface area contributed by atoms with Crippen molar-refractivity contribution in [1.29, 1.82) is 0 Å². The third-order valence-electron chi connectivity index (χ3n) is 6.40. The first-order valence-corrected chi connectivity index (χ1v) is 13.6. The van der Waals surface area contributed by atoms with E-state index >= 15 is 0 Å². The van der Waals surface area contributed by atoms with Gasteiger partial charge in [-0.3, -0.25) is 14.5 Å². The average Bonchev–Trinajstić information content (AvgIpc) is 3.62. The van der Waals surface area contributed by atoms with Crippen LogP contribution in [0.5, 0.6) is 11.5 Å². The van der Waals surface area contributed by atoms with Crippen molar-refractivity contribution in [2.45, 2.75) is 44.9 Å². The molecular weight excluding hydrogens is 558 g/mol. The summed E-state index contributed by atoms with van der Waals surface area (Å²) in [7, 11) is 2.99. The van der Waals surface area contributed by atoms with Crippen LogP contribution >= 0.6 is 11.3 Å². The molecule has 0 radical (unpaired) electrons. The Morgan fingerprint density at radius 1 is 1.12 bits per heavy atom. The van der Waals surface area contributed by atoms with Crippen LogP contribution in [0.15, 0.2) is 48.5 Å². The molecule has 41 heavy (non-hydrogen) atoms. The lowest BCUT2D eigenvalue weighted by atomic mass is 10.2. The highest BCUT2D eigenvalue weighted by Gasteiger charge is 2.37. The summed E-state index contributed by atoms with van der Waals surface area (Å²) in [5, 5.41) is 5.01. The van der Waals surface area contributed by atoms with Crippen LogP contribution < -0.4 is 20.1 Å². The van der Waals surface area contributed by atoms with E-state index < -0.39 is 29.9 Å². The van der Waals surface area contributed by atoms with Gasteiger partial charge in [0.25, 0.3) is 11.8 Å². The number of methoxy groups -OCH3 is 2. The van der Waals surface area contributed by atoms with Crippen LogP contribution in [-0.4, -0.2) is 54.5 Å². The third-order valence-corrected chi connectivity index (χ3v) is 7.47. The number of likely N-dealkylation sites (tertiary alicyclic amines) is 1. The number of nitrogens with zero attached hydrogens (tertiary/aromatic N) is 2. The molecular formula is C28H30F2N4O6S. The van der Waals surface area contributed by atoms with Crippen LogP contribution in [0.1, 0.15) is 52.4 Å². The van der Waals surface area contributed by atoms with Gasteiger partial charge in [-0.25, -0.2) is 9.78 Å². The molecule has 2 heterocycles. The Morgan fingerprint density at radius 3 is 2.56 bits per heavy atom. The number of amides is 3. The number of benzene rings is 2. The van der Waals surface area contributed by atoms with E-state index in [1.807, 2.05) is 30.3 Å². The van der Waals surface area contributed by atoms with E-state index in [1.165, 1.54) is 19.1 Å². The highest BCUT2D eigenvalue weighted by atomic mass is 32.1. The van der Waals surface area contributed by atoms with Crippen molar-refractivity contribution in [1.82, 2.24) is 15.2 Å². The molecule has 10 nitrogen and oxygen atoms in total. The normalized spacial score (nSPS) is 14.9. The predicted octanol–water partition coefficient (Wildman–Crippen LogP) is 5.16. The van der Waals surface area contributed by atoms with Gasteiger partial charge in [-0.05, 0) is 30.5 Å². The van der Waals surface area contributed by atoms with Crippen molar-refractivity contribution in [3.63, 3.8) is 0 Å². The summed E-state index contributed by atoms with van der Waals surface area (Å²) < 4.78 is 43.5. The first-order chi connectivity index (χ1) is 19.6. The van der Waals surface area contributed by atoms with Gasteiger partial charge < -0.3 is 24.8 Å². The molecule has 1 fully saturated rings. The molecule has 13 heteroatoms. The fourth-order valence-electron chi connectivity index (χ4n) is 4.23. The monoisotopic (exact) mass is 588 g/mol. The van der Waals surface area contributed by atoms with Crippen LogP contribution in [0.2, 0.25) is 0 Å². The zero-order valence-corrected chi connectivity index (χ0v) is 23.6. The van der Waals surface area contributed by atoms with Gasteiger partial charge in [0.1, 0.15) is 28.1 Å².